The van der Waals surface area contributed by atoms with Crippen LogP contribution in [0.2, 0.25) is 0 Å². The van der Waals surface area contributed by atoms with Crippen molar-refractivity contribution < 1.29 is 68.7 Å². The molecule has 10 atom stereocenters. The Kier molecular flexibility index (Phi) is 19.7. The van der Waals surface area contributed by atoms with E-state index in [0.717, 1.165) is 67.8 Å². The summed E-state index contributed by atoms with van der Waals surface area (Å²) in [7, 11) is 1.34. The Hall–Kier alpha value is -4.29. The number of allylic oxidation sites excluding steroid dienone is 1. The lowest BCUT2D eigenvalue weighted by atomic mass is 9.84. The lowest BCUT2D eigenvalue weighted by Crippen LogP contribution is -2.50. The number of ether oxygens (including phenoxy) is 5. The van der Waals surface area contributed by atoms with E-state index >= 15 is 0 Å². The maximum absolute atomic E-state index is 14.9. The molecule has 0 saturated carbocycles. The van der Waals surface area contributed by atoms with Gasteiger partial charge in [-0.3, -0.25) is 19.4 Å². The quantitative estimate of drug-likeness (QED) is 0.0517. The van der Waals surface area contributed by atoms with Crippen molar-refractivity contribution in [2.75, 3.05) is 45.0 Å². The van der Waals surface area contributed by atoms with Crippen molar-refractivity contribution in [1.29, 1.82) is 0 Å². The van der Waals surface area contributed by atoms with E-state index in [1.54, 1.807) is 0 Å². The second kappa shape index (κ2) is 25.5. The van der Waals surface area contributed by atoms with E-state index in [1.807, 2.05) is 39.0 Å². The highest BCUT2D eigenvalue weighted by molar-refractivity contribution is 8.14. The van der Waals surface area contributed by atoms with E-state index in [-0.39, 0.29) is 55.0 Å². The van der Waals surface area contributed by atoms with Crippen LogP contribution >= 0.6 is 23.5 Å². The highest BCUT2D eigenvalue weighted by atomic mass is 32.2. The normalized spacial score (nSPS) is 25.3. The number of thioether (sulfide) groups is 2. The number of nitrogens with one attached hydrogen (secondary N) is 2. The van der Waals surface area contributed by atoms with Gasteiger partial charge in [0.25, 0.3) is 0 Å². The number of fused-ring (bicyclic) bond motifs is 8. The van der Waals surface area contributed by atoms with Gasteiger partial charge in [0.2, 0.25) is 5.12 Å². The van der Waals surface area contributed by atoms with Gasteiger partial charge in [-0.1, -0.05) is 50.0 Å². The van der Waals surface area contributed by atoms with E-state index < -0.39 is 74.3 Å². The van der Waals surface area contributed by atoms with Crippen LogP contribution in [0.1, 0.15) is 122 Å². The molecule has 398 valence electrons. The molecule has 18 nitrogen and oxygen atoms in total. The van der Waals surface area contributed by atoms with Crippen LogP contribution < -0.4 is 0 Å². The molecule has 3 aromatic heterocycles. The molecule has 20 heteroatoms. The maximum Gasteiger partial charge on any atom is 0.305 e. The van der Waals surface area contributed by atoms with Crippen molar-refractivity contribution >= 4 is 79.0 Å². The fraction of sp³-hybridized carbons (Fsp3) is 0.566. The van der Waals surface area contributed by atoms with Gasteiger partial charge < -0.3 is 64.3 Å². The maximum atomic E-state index is 14.9. The smallest absolute Gasteiger partial charge is 0.305 e. The van der Waals surface area contributed by atoms with Crippen molar-refractivity contribution in [2.24, 2.45) is 0 Å². The third-order valence-corrected chi connectivity index (χ3v) is 16.2. The Morgan fingerprint density at radius 2 is 1.42 bits per heavy atom. The molecule has 0 radical (unpaired) electrons. The Morgan fingerprint density at radius 1 is 0.822 bits per heavy atom. The summed E-state index contributed by atoms with van der Waals surface area (Å²) in [5, 5.41) is 59.5. The molecule has 0 aliphatic carbocycles. The van der Waals surface area contributed by atoms with Crippen LogP contribution in [0, 0.1) is 13.8 Å². The number of esters is 1. The first-order valence-corrected chi connectivity index (χ1v) is 27.0. The van der Waals surface area contributed by atoms with Crippen LogP contribution in [-0.2, 0) is 50.9 Å². The Bertz CT molecular complexity index is 2700. The predicted molar refractivity (Wildman–Crippen MR) is 279 cm³/mol. The number of aryl methyl sites for hydroxylation is 3. The fourth-order valence-corrected chi connectivity index (χ4v) is 11.6. The molecule has 8 bridgehead atoms. The number of aliphatic hydroxyl groups is 6. The average Bonchev–Trinajstić information content (AvgIpc) is 4.06. The van der Waals surface area contributed by atoms with Crippen molar-refractivity contribution in [3.8, 4) is 0 Å². The number of rotatable bonds is 20. The number of methoxy groups -OCH3 is 1. The standard InChI is InChI=1S/C53H70N4O14S2/c1-8-30-26(3)34-19-36-28(5)32(12-13-44(62)67-7)49(56-36)33(18-45(63)72-16-10-14-68-46-22-40(60)51(64)42(24-58)70-46)50-48(53(66)73-17-11-15-69-47-23-41(61)52(65)43(25-59)71-47)29(6)37(57-50)21-39-31(9-2)27(4)35(55-39)20-38(30)54-34/h8,19-21,28,32,40-43,46-47,51-52,54-55,58-61,64-65H,1,9-18,22-25H2,2-7H3/t28-,32-,40+,41+,42+,43+,46+,47+,51-,52-/m0/s1. The molecule has 4 aliphatic heterocycles. The lowest BCUT2D eigenvalue weighted by Gasteiger charge is -2.36. The fourth-order valence-electron chi connectivity index (χ4n) is 9.97. The Labute approximate surface area is 433 Å². The van der Waals surface area contributed by atoms with Gasteiger partial charge in [0.15, 0.2) is 17.7 Å². The summed E-state index contributed by atoms with van der Waals surface area (Å²) in [4.78, 5) is 60.0. The monoisotopic (exact) mass is 1050 g/mol. The van der Waals surface area contributed by atoms with Crippen LogP contribution in [0.25, 0.3) is 39.3 Å². The van der Waals surface area contributed by atoms with Crippen LogP contribution in [0.3, 0.4) is 0 Å². The second-order valence-electron chi connectivity index (χ2n) is 18.9. The van der Waals surface area contributed by atoms with E-state index in [1.165, 1.54) is 7.11 Å². The molecule has 8 N–H and O–H groups in total. The van der Waals surface area contributed by atoms with E-state index in [4.69, 9.17) is 33.7 Å². The van der Waals surface area contributed by atoms with Crippen molar-refractivity contribution in [3.63, 3.8) is 0 Å². The Balaban J connectivity index is 1.30. The van der Waals surface area contributed by atoms with Crippen LogP contribution in [0.15, 0.2) is 24.8 Å². The van der Waals surface area contributed by atoms with Crippen LogP contribution in [0.4, 0.5) is 0 Å². The summed E-state index contributed by atoms with van der Waals surface area (Å²) in [6.07, 6.45) is -4.73. The minimum Gasteiger partial charge on any atom is -0.469 e. The molecule has 0 spiro atoms. The average molecular weight is 1050 g/mol. The SMILES string of the molecule is C=Cc1c(C)c2cc3nc(c(CC(=O)SCCCO[C@H]4C[C@@H](O)[C@H](O)[C@@H](CO)O4)c4nc(cc5[nH]c(cc1[nH]2)c(C)c5CC)C(C)=C4C(=O)SCCCO[C@H]1C[C@@H](O)[C@H](O)[C@@H](CO)O1)[C@@H](CCC(=O)OC)[C@@H]3C. The van der Waals surface area contributed by atoms with E-state index in [0.29, 0.717) is 76.7 Å². The molecule has 0 unspecified atom stereocenters. The van der Waals surface area contributed by atoms with Crippen LogP contribution in [-0.4, -0.2) is 161 Å². The second-order valence-corrected chi connectivity index (χ2v) is 21.2. The number of hydrogen-bond acceptors (Lipinski definition) is 18. The largest absolute Gasteiger partial charge is 0.469 e. The first-order valence-electron chi connectivity index (χ1n) is 25.0. The molecule has 73 heavy (non-hydrogen) atoms. The van der Waals surface area contributed by atoms with Gasteiger partial charge in [0.05, 0.1) is 68.4 Å². The summed E-state index contributed by atoms with van der Waals surface area (Å²) in [5.41, 5.74) is 10.9. The van der Waals surface area contributed by atoms with Gasteiger partial charge >= 0.3 is 5.97 Å². The minimum absolute atomic E-state index is 0.0211. The molecule has 3 aromatic rings. The third kappa shape index (κ3) is 12.9. The number of carbonyl (C=O) groups is 3. The summed E-state index contributed by atoms with van der Waals surface area (Å²) in [6.45, 7) is 13.6. The molecular weight excluding hydrogens is 981 g/mol. The zero-order chi connectivity index (χ0) is 52.7. The zero-order valence-electron chi connectivity index (χ0n) is 42.3. The van der Waals surface area contributed by atoms with Gasteiger partial charge in [-0.2, -0.15) is 0 Å². The molecular formula is C53H70N4O14S2. The van der Waals surface area contributed by atoms with E-state index in [2.05, 4.69) is 36.5 Å². The zero-order valence-corrected chi connectivity index (χ0v) is 44.0. The molecule has 7 rings (SSSR count). The number of carbonyl (C=O) groups excluding carboxylic acids is 3. The number of aromatic nitrogens is 4. The highest BCUT2D eigenvalue weighted by Gasteiger charge is 2.39. The van der Waals surface area contributed by atoms with Gasteiger partial charge in [0, 0.05) is 87.9 Å². The molecule has 0 aromatic carbocycles. The molecule has 7 heterocycles. The third-order valence-electron chi connectivity index (χ3n) is 14.3. The highest BCUT2D eigenvalue weighted by Crippen LogP contribution is 2.45. The number of nitrogens with zero attached hydrogens (tertiary/aromatic N) is 2. The summed E-state index contributed by atoms with van der Waals surface area (Å²) < 4.78 is 28.0. The number of hydrogen-bond donors (Lipinski definition) is 8. The topological polar surface area (TPSA) is 276 Å². The molecule has 2 fully saturated rings. The predicted octanol–water partition coefficient (Wildman–Crippen LogP) is 5.44. The van der Waals surface area contributed by atoms with Crippen LogP contribution in [0.5, 0.6) is 0 Å². The van der Waals surface area contributed by atoms with Gasteiger partial charge in [-0.15, -0.1) is 0 Å². The molecule has 0 amide bonds. The summed E-state index contributed by atoms with van der Waals surface area (Å²) in [5.74, 6) is -0.364. The van der Waals surface area contributed by atoms with Gasteiger partial charge in [-0.25, -0.2) is 4.98 Å². The number of aromatic amines is 2. The Morgan fingerprint density at radius 3 is 2.01 bits per heavy atom. The van der Waals surface area contributed by atoms with E-state index in [9.17, 15) is 45.0 Å². The van der Waals surface area contributed by atoms with Gasteiger partial charge in [-0.05, 0) is 86.9 Å². The summed E-state index contributed by atoms with van der Waals surface area (Å²) >= 11 is 2.17. The lowest BCUT2D eigenvalue weighted by molar-refractivity contribution is -0.256. The summed E-state index contributed by atoms with van der Waals surface area (Å²) in [6, 6.07) is 6.03. The number of H-pyrrole nitrogens is 2. The minimum atomic E-state index is -1.24. The first kappa shape index (κ1) is 56.4. The van der Waals surface area contributed by atoms with Gasteiger partial charge in [0.1, 0.15) is 24.4 Å². The van der Waals surface area contributed by atoms with Crippen molar-refractivity contribution in [1.82, 2.24) is 19.9 Å². The molecule has 4 aliphatic rings. The molecule has 2 saturated heterocycles. The number of aliphatic hydroxyl groups excluding tert-OH is 6. The first-order chi connectivity index (χ1) is 35.0. The van der Waals surface area contributed by atoms with Crippen molar-refractivity contribution in [3.05, 3.63) is 75.4 Å². The van der Waals surface area contributed by atoms with Crippen molar-refractivity contribution in [2.45, 2.75) is 147 Å².